The highest BCUT2D eigenvalue weighted by Crippen LogP contribution is 1.92. The Morgan fingerprint density at radius 1 is 1.78 bits per heavy atom. The van der Waals surface area contributed by atoms with E-state index in [1.807, 2.05) is 0 Å². The first kappa shape index (κ1) is 8.06. The summed E-state index contributed by atoms with van der Waals surface area (Å²) < 4.78 is 0. The van der Waals surface area contributed by atoms with Gasteiger partial charge in [-0.15, -0.1) is 0 Å². The number of aliphatic hydroxyl groups excluding tert-OH is 1. The van der Waals surface area contributed by atoms with Crippen molar-refractivity contribution < 1.29 is 19.8 Å². The zero-order valence-electron chi connectivity index (χ0n) is 4.57. The van der Waals surface area contributed by atoms with Gasteiger partial charge in [0.05, 0.1) is 6.61 Å². The molecule has 0 amide bonds. The molecule has 9 heavy (non-hydrogen) atoms. The van der Waals surface area contributed by atoms with Gasteiger partial charge in [-0.25, -0.2) is 4.79 Å². The molecule has 0 radical (unpaired) electrons. The average Bonchev–Trinajstić information content (AvgIpc) is 1.86. The van der Waals surface area contributed by atoms with Crippen LogP contribution in [0.5, 0.6) is 0 Å². The monoisotopic (exact) mass is 133 g/mol. The molecule has 0 aliphatic rings. The van der Waals surface area contributed by atoms with Crippen molar-refractivity contribution in [3.05, 3.63) is 0 Å². The summed E-state index contributed by atoms with van der Waals surface area (Å²) in [5, 5.41) is 16.3. The van der Waals surface area contributed by atoms with Crippen LogP contribution in [0.2, 0.25) is 0 Å². The lowest BCUT2D eigenvalue weighted by molar-refractivity contribution is -0.146. The Morgan fingerprint density at radius 3 is 2.22 bits per heavy atom. The second kappa shape index (κ2) is 2.56. The van der Waals surface area contributed by atoms with E-state index in [-0.39, 0.29) is 6.29 Å². The summed E-state index contributed by atoms with van der Waals surface area (Å²) in [5.41, 5.74) is 2.70. The van der Waals surface area contributed by atoms with E-state index in [9.17, 15) is 9.59 Å². The van der Waals surface area contributed by atoms with Crippen molar-refractivity contribution in [3.63, 3.8) is 0 Å². The quantitative estimate of drug-likeness (QED) is 0.304. The van der Waals surface area contributed by atoms with Gasteiger partial charge in [-0.05, 0) is 0 Å². The van der Waals surface area contributed by atoms with Crippen LogP contribution >= 0.6 is 0 Å². The van der Waals surface area contributed by atoms with Crippen LogP contribution in [0.4, 0.5) is 0 Å². The molecule has 1 atom stereocenters. The zero-order valence-corrected chi connectivity index (χ0v) is 4.57. The van der Waals surface area contributed by atoms with Crippen LogP contribution in [-0.4, -0.2) is 34.6 Å². The Hall–Kier alpha value is -0.940. The molecule has 0 fully saturated rings. The molecule has 0 aromatic heterocycles. The second-order valence-corrected chi connectivity index (χ2v) is 1.62. The number of aliphatic hydroxyl groups is 1. The Kier molecular flexibility index (Phi) is 2.29. The predicted molar refractivity (Wildman–Crippen MR) is 27.7 cm³/mol. The minimum atomic E-state index is -2.12. The molecule has 0 aromatic carbocycles. The molecule has 52 valence electrons. The average molecular weight is 133 g/mol. The van der Waals surface area contributed by atoms with E-state index in [0.717, 1.165) is 0 Å². The highest BCUT2D eigenvalue weighted by molar-refractivity contribution is 5.96. The van der Waals surface area contributed by atoms with Crippen LogP contribution in [0.3, 0.4) is 0 Å². The van der Waals surface area contributed by atoms with Crippen molar-refractivity contribution in [3.8, 4) is 0 Å². The number of carboxylic acids is 1. The van der Waals surface area contributed by atoms with E-state index in [4.69, 9.17) is 15.9 Å². The highest BCUT2D eigenvalue weighted by Gasteiger charge is 2.32. The zero-order chi connectivity index (χ0) is 7.49. The van der Waals surface area contributed by atoms with Crippen molar-refractivity contribution in [2.75, 3.05) is 6.61 Å². The summed E-state index contributed by atoms with van der Waals surface area (Å²) >= 11 is 0. The smallest absolute Gasteiger partial charge is 0.333 e. The maximum atomic E-state index is 9.97. The van der Waals surface area contributed by atoms with E-state index in [2.05, 4.69) is 0 Å². The maximum absolute atomic E-state index is 9.97. The lowest BCUT2D eigenvalue weighted by Gasteiger charge is -2.12. The van der Waals surface area contributed by atoms with Gasteiger partial charge in [0.25, 0.3) is 0 Å². The minimum Gasteiger partial charge on any atom is -0.479 e. The number of aliphatic carboxylic acids is 1. The van der Waals surface area contributed by atoms with Gasteiger partial charge in [0.2, 0.25) is 0 Å². The molecule has 0 spiro atoms. The number of carboxylic acid groups (broad SMARTS) is 1. The first-order chi connectivity index (χ1) is 4.06. The Labute approximate surface area is 51.1 Å². The number of carbonyl (C=O) groups is 2. The van der Waals surface area contributed by atoms with E-state index < -0.39 is 18.1 Å². The summed E-state index contributed by atoms with van der Waals surface area (Å²) in [5.74, 6) is -1.53. The molecule has 0 saturated heterocycles. The molecule has 0 rings (SSSR count). The second-order valence-electron chi connectivity index (χ2n) is 1.62. The van der Waals surface area contributed by atoms with Gasteiger partial charge in [-0.1, -0.05) is 0 Å². The van der Waals surface area contributed by atoms with Crippen LogP contribution in [0, 0.1) is 0 Å². The number of aldehydes is 1. The van der Waals surface area contributed by atoms with Crippen LogP contribution in [0.15, 0.2) is 0 Å². The summed E-state index contributed by atoms with van der Waals surface area (Å²) in [6.45, 7) is -0.883. The first-order valence-corrected chi connectivity index (χ1v) is 2.16. The molecule has 0 unspecified atom stereocenters. The van der Waals surface area contributed by atoms with E-state index in [1.54, 1.807) is 0 Å². The molecular weight excluding hydrogens is 126 g/mol. The molecule has 0 bridgehead atoms. The fraction of sp³-hybridized carbons (Fsp3) is 0.500. The summed E-state index contributed by atoms with van der Waals surface area (Å²) in [6, 6.07) is 0. The van der Waals surface area contributed by atoms with Gasteiger partial charge < -0.3 is 20.7 Å². The standard InChI is InChI=1S/C4H7NO4/c5-4(1-6,2-7)3(8)9/h1,7H,2,5H2,(H,8,9)/t4-/m0/s1. The van der Waals surface area contributed by atoms with E-state index >= 15 is 0 Å². The van der Waals surface area contributed by atoms with Crippen molar-refractivity contribution in [2.24, 2.45) is 5.73 Å². The van der Waals surface area contributed by atoms with E-state index in [0.29, 0.717) is 0 Å². The fourth-order valence-corrected chi connectivity index (χ4v) is 0.155. The first-order valence-electron chi connectivity index (χ1n) is 2.16. The van der Waals surface area contributed by atoms with Crippen molar-refractivity contribution in [1.82, 2.24) is 0 Å². The Balaban J connectivity index is 4.27. The number of carbonyl (C=O) groups excluding carboxylic acids is 1. The van der Waals surface area contributed by atoms with Crippen molar-refractivity contribution in [1.29, 1.82) is 0 Å². The lowest BCUT2D eigenvalue weighted by atomic mass is 10.1. The third-order valence-electron chi connectivity index (χ3n) is 0.870. The Bertz CT molecular complexity index is 135. The third-order valence-corrected chi connectivity index (χ3v) is 0.870. The van der Waals surface area contributed by atoms with Gasteiger partial charge in [0, 0.05) is 0 Å². The molecule has 0 aliphatic heterocycles. The number of rotatable bonds is 3. The van der Waals surface area contributed by atoms with Crippen LogP contribution in [0.25, 0.3) is 0 Å². The molecular formula is C4H7NO4. The van der Waals surface area contributed by atoms with Gasteiger partial charge in [0.15, 0.2) is 11.8 Å². The normalized spacial score (nSPS) is 16.2. The van der Waals surface area contributed by atoms with E-state index in [1.165, 1.54) is 0 Å². The van der Waals surface area contributed by atoms with Crippen LogP contribution in [0.1, 0.15) is 0 Å². The molecule has 0 aliphatic carbocycles. The fourth-order valence-electron chi connectivity index (χ4n) is 0.155. The molecule has 0 saturated carbocycles. The molecule has 4 N–H and O–H groups in total. The van der Waals surface area contributed by atoms with Gasteiger partial charge in [0.1, 0.15) is 0 Å². The Morgan fingerprint density at radius 2 is 2.22 bits per heavy atom. The SMILES string of the molecule is N[C@@](C=O)(CO)C(=O)O. The topological polar surface area (TPSA) is 101 Å². The summed E-state index contributed by atoms with van der Waals surface area (Å²) in [4.78, 5) is 19.8. The van der Waals surface area contributed by atoms with Gasteiger partial charge in [-0.3, -0.25) is 0 Å². The van der Waals surface area contributed by atoms with Crippen LogP contribution < -0.4 is 5.73 Å². The predicted octanol–water partition coefficient (Wildman–Crippen LogP) is -2.04. The third kappa shape index (κ3) is 1.48. The molecule has 5 nitrogen and oxygen atoms in total. The van der Waals surface area contributed by atoms with Crippen molar-refractivity contribution >= 4 is 12.3 Å². The van der Waals surface area contributed by atoms with Crippen molar-refractivity contribution in [2.45, 2.75) is 5.54 Å². The maximum Gasteiger partial charge on any atom is 0.333 e. The lowest BCUT2D eigenvalue weighted by Crippen LogP contribution is -2.52. The van der Waals surface area contributed by atoms with Crippen LogP contribution in [-0.2, 0) is 9.59 Å². The summed E-state index contributed by atoms with van der Waals surface area (Å²) in [6.07, 6.45) is -0.00463. The number of hydrogen-bond donors (Lipinski definition) is 3. The molecule has 0 heterocycles. The van der Waals surface area contributed by atoms with Gasteiger partial charge >= 0.3 is 5.97 Å². The molecule has 0 aromatic rings. The number of hydrogen-bond acceptors (Lipinski definition) is 4. The minimum absolute atomic E-state index is 0.00463. The van der Waals surface area contributed by atoms with Gasteiger partial charge in [-0.2, -0.15) is 0 Å². The number of nitrogens with two attached hydrogens (primary N) is 1. The highest BCUT2D eigenvalue weighted by atomic mass is 16.4. The molecule has 5 heteroatoms. The largest absolute Gasteiger partial charge is 0.479 e. The summed E-state index contributed by atoms with van der Waals surface area (Å²) in [7, 11) is 0.